The minimum atomic E-state index is -0.405. The summed E-state index contributed by atoms with van der Waals surface area (Å²) in [5.41, 5.74) is 3.86. The molecule has 6 nitrogen and oxygen atoms in total. The third-order valence-corrected chi connectivity index (χ3v) is 4.16. The van der Waals surface area contributed by atoms with E-state index in [4.69, 9.17) is 0 Å². The average molecular weight is 369 g/mol. The molecule has 0 fully saturated rings. The van der Waals surface area contributed by atoms with Gasteiger partial charge < -0.3 is 10.2 Å². The first-order valence-electron chi connectivity index (χ1n) is 8.76. The number of rotatable bonds is 3. The van der Waals surface area contributed by atoms with Gasteiger partial charge in [0.05, 0.1) is 6.21 Å². The Kier molecular flexibility index (Phi) is 5.59. The number of benzene rings is 1. The number of nitrogens with one attached hydrogen (secondary N) is 1. The van der Waals surface area contributed by atoms with Gasteiger partial charge in [0.25, 0.3) is 5.91 Å². The summed E-state index contributed by atoms with van der Waals surface area (Å²) in [7, 11) is 0. The number of hydrazone groups is 1. The molecule has 0 radical (unpaired) electrons. The van der Waals surface area contributed by atoms with Crippen LogP contribution in [0.5, 0.6) is 11.5 Å². The number of hydrogen-bond donors (Lipinski definition) is 3. The molecular formula is C21H27N3O3. The van der Waals surface area contributed by atoms with E-state index < -0.39 is 5.91 Å². The van der Waals surface area contributed by atoms with Gasteiger partial charge >= 0.3 is 0 Å². The van der Waals surface area contributed by atoms with Gasteiger partial charge in [-0.1, -0.05) is 41.5 Å². The average Bonchev–Trinajstić information content (AvgIpc) is 2.54. The zero-order chi connectivity index (χ0) is 20.4. The predicted molar refractivity (Wildman–Crippen MR) is 106 cm³/mol. The van der Waals surface area contributed by atoms with Crippen LogP contribution in [0.25, 0.3) is 0 Å². The summed E-state index contributed by atoms with van der Waals surface area (Å²) >= 11 is 0. The van der Waals surface area contributed by atoms with Gasteiger partial charge in [-0.25, -0.2) is 5.43 Å². The summed E-state index contributed by atoms with van der Waals surface area (Å²) in [5.74, 6) is -0.212. The molecule has 0 saturated heterocycles. The first-order valence-corrected chi connectivity index (χ1v) is 8.76. The van der Waals surface area contributed by atoms with E-state index in [0.29, 0.717) is 16.7 Å². The number of phenolic OH excluding ortho intramolecular Hbond substituents is 1. The Morgan fingerprint density at radius 3 is 2.11 bits per heavy atom. The van der Waals surface area contributed by atoms with Gasteiger partial charge in [0.1, 0.15) is 17.2 Å². The Morgan fingerprint density at radius 2 is 1.63 bits per heavy atom. The van der Waals surface area contributed by atoms with Crippen molar-refractivity contribution in [2.24, 2.45) is 5.10 Å². The number of pyridine rings is 1. The first-order chi connectivity index (χ1) is 12.4. The number of hydrogen-bond acceptors (Lipinski definition) is 5. The van der Waals surface area contributed by atoms with E-state index in [2.05, 4.69) is 15.5 Å². The summed E-state index contributed by atoms with van der Waals surface area (Å²) in [4.78, 5) is 16.6. The minimum absolute atomic E-state index is 0.0230. The van der Waals surface area contributed by atoms with Crippen LogP contribution in [0.4, 0.5) is 0 Å². The summed E-state index contributed by atoms with van der Waals surface area (Å²) in [5, 5.41) is 24.3. The summed E-state index contributed by atoms with van der Waals surface area (Å²) in [6.07, 6.45) is 2.80. The van der Waals surface area contributed by atoms with Crippen molar-refractivity contribution < 1.29 is 15.0 Å². The fourth-order valence-corrected chi connectivity index (χ4v) is 2.63. The maximum absolute atomic E-state index is 12.6. The second-order valence-corrected chi connectivity index (χ2v) is 8.53. The monoisotopic (exact) mass is 369 g/mol. The molecule has 1 heterocycles. The number of nitrogens with zero attached hydrogens (tertiary/aromatic N) is 2. The molecule has 0 saturated carbocycles. The van der Waals surface area contributed by atoms with Gasteiger partial charge in [-0.05, 0) is 35.1 Å². The first kappa shape index (κ1) is 20.4. The Hall–Kier alpha value is -2.89. The van der Waals surface area contributed by atoms with Crippen LogP contribution in [0, 0.1) is 0 Å². The van der Waals surface area contributed by atoms with Crippen LogP contribution in [0.1, 0.15) is 68.7 Å². The lowest BCUT2D eigenvalue weighted by Gasteiger charge is -2.28. The van der Waals surface area contributed by atoms with Gasteiger partial charge in [-0.15, -0.1) is 0 Å². The van der Waals surface area contributed by atoms with Crippen molar-refractivity contribution in [3.05, 3.63) is 52.8 Å². The molecule has 144 valence electrons. The SMILES string of the molecule is CC(C)(C)c1cc(C(=O)NN=Cc2ncccc2O)cc(C(C)(C)C)c1O. The lowest BCUT2D eigenvalue weighted by atomic mass is 9.78. The van der Waals surface area contributed by atoms with Crippen molar-refractivity contribution in [2.75, 3.05) is 0 Å². The molecule has 3 N–H and O–H groups in total. The fourth-order valence-electron chi connectivity index (χ4n) is 2.63. The highest BCUT2D eigenvalue weighted by Gasteiger charge is 2.27. The Balaban J connectivity index is 2.37. The molecule has 1 aromatic heterocycles. The second kappa shape index (κ2) is 7.39. The molecule has 1 aromatic carbocycles. The number of amides is 1. The molecule has 0 aliphatic rings. The van der Waals surface area contributed by atoms with Crippen LogP contribution in [-0.4, -0.2) is 27.3 Å². The maximum Gasteiger partial charge on any atom is 0.271 e. The van der Waals surface area contributed by atoms with Gasteiger partial charge in [0.15, 0.2) is 0 Å². The number of carbonyl (C=O) groups is 1. The summed E-state index contributed by atoms with van der Waals surface area (Å²) < 4.78 is 0. The van der Waals surface area contributed by atoms with Crippen molar-refractivity contribution in [2.45, 2.75) is 52.4 Å². The highest BCUT2D eigenvalue weighted by atomic mass is 16.3. The van der Waals surface area contributed by atoms with Crippen LogP contribution >= 0.6 is 0 Å². The number of aromatic hydroxyl groups is 2. The van der Waals surface area contributed by atoms with E-state index in [1.165, 1.54) is 18.5 Å². The Morgan fingerprint density at radius 1 is 1.07 bits per heavy atom. The molecule has 27 heavy (non-hydrogen) atoms. The van der Waals surface area contributed by atoms with Crippen molar-refractivity contribution in [1.29, 1.82) is 0 Å². The molecule has 2 rings (SSSR count). The van der Waals surface area contributed by atoms with Gasteiger partial charge in [-0.3, -0.25) is 9.78 Å². The lowest BCUT2D eigenvalue weighted by molar-refractivity contribution is 0.0955. The molecule has 2 aromatic rings. The van der Waals surface area contributed by atoms with E-state index in [1.54, 1.807) is 18.2 Å². The second-order valence-electron chi connectivity index (χ2n) is 8.53. The zero-order valence-electron chi connectivity index (χ0n) is 16.7. The highest BCUT2D eigenvalue weighted by molar-refractivity contribution is 5.95. The maximum atomic E-state index is 12.6. The molecule has 0 atom stereocenters. The molecule has 6 heteroatoms. The van der Waals surface area contributed by atoms with Crippen LogP contribution in [-0.2, 0) is 10.8 Å². The number of aromatic nitrogens is 1. The quantitative estimate of drug-likeness (QED) is 0.566. The normalized spacial score (nSPS) is 12.4. The largest absolute Gasteiger partial charge is 0.507 e. The molecule has 0 bridgehead atoms. The third-order valence-electron chi connectivity index (χ3n) is 4.16. The number of carbonyl (C=O) groups excluding carboxylic acids is 1. The summed E-state index contributed by atoms with van der Waals surface area (Å²) in [6, 6.07) is 6.46. The van der Waals surface area contributed by atoms with E-state index in [-0.39, 0.29) is 28.0 Å². The Labute approximate surface area is 160 Å². The van der Waals surface area contributed by atoms with Crippen LogP contribution in [0.2, 0.25) is 0 Å². The predicted octanol–water partition coefficient (Wildman–Crippen LogP) is 3.85. The standard InChI is InChI=1S/C21H27N3O3/c1-20(2,3)14-10-13(11-15(18(14)26)21(4,5)6)19(27)24-23-12-16-17(25)8-7-9-22-16/h7-12,25-26H,1-6H3,(H,24,27). The zero-order valence-corrected chi connectivity index (χ0v) is 16.7. The fraction of sp³-hybridized carbons (Fsp3) is 0.381. The molecular weight excluding hydrogens is 342 g/mol. The third kappa shape index (κ3) is 4.84. The minimum Gasteiger partial charge on any atom is -0.507 e. The Bertz CT molecular complexity index is 840. The van der Waals surface area contributed by atoms with Crippen molar-refractivity contribution >= 4 is 12.1 Å². The van der Waals surface area contributed by atoms with Crippen molar-refractivity contribution in [3.8, 4) is 11.5 Å². The number of phenols is 1. The van der Waals surface area contributed by atoms with E-state index in [0.717, 1.165) is 0 Å². The molecule has 1 amide bonds. The van der Waals surface area contributed by atoms with Crippen molar-refractivity contribution in [3.63, 3.8) is 0 Å². The smallest absolute Gasteiger partial charge is 0.271 e. The van der Waals surface area contributed by atoms with Crippen LogP contribution in [0.3, 0.4) is 0 Å². The van der Waals surface area contributed by atoms with Crippen LogP contribution in [0.15, 0.2) is 35.6 Å². The molecule has 0 unspecified atom stereocenters. The van der Waals surface area contributed by atoms with Gasteiger partial charge in [-0.2, -0.15) is 5.10 Å². The molecule has 0 spiro atoms. The molecule has 0 aliphatic heterocycles. The molecule has 0 aliphatic carbocycles. The summed E-state index contributed by atoms with van der Waals surface area (Å²) in [6.45, 7) is 11.9. The lowest BCUT2D eigenvalue weighted by Crippen LogP contribution is -2.22. The topological polar surface area (TPSA) is 94.8 Å². The van der Waals surface area contributed by atoms with Crippen LogP contribution < -0.4 is 5.43 Å². The van der Waals surface area contributed by atoms with Gasteiger partial charge in [0, 0.05) is 22.9 Å². The van der Waals surface area contributed by atoms with Crippen molar-refractivity contribution in [1.82, 2.24) is 10.4 Å². The van der Waals surface area contributed by atoms with E-state index in [1.807, 2.05) is 41.5 Å². The van der Waals surface area contributed by atoms with E-state index in [9.17, 15) is 15.0 Å². The van der Waals surface area contributed by atoms with Gasteiger partial charge in [0.2, 0.25) is 0 Å². The highest BCUT2D eigenvalue weighted by Crippen LogP contribution is 2.39. The van der Waals surface area contributed by atoms with E-state index >= 15 is 0 Å².